The molecule has 0 aromatic heterocycles. The number of ether oxygens (including phenoxy) is 2. The first-order valence-electron chi connectivity index (χ1n) is 7.67. The van der Waals surface area contributed by atoms with Crippen LogP contribution in [0.1, 0.15) is 12.5 Å². The Morgan fingerprint density at radius 2 is 2.00 bits per heavy atom. The van der Waals surface area contributed by atoms with Crippen LogP contribution in [0.2, 0.25) is 5.02 Å². The molecule has 0 bridgehead atoms. The molecule has 1 amide bonds. The Kier molecular flexibility index (Phi) is 7.07. The summed E-state index contributed by atoms with van der Waals surface area (Å²) >= 11 is 9.24. The second-order valence-electron chi connectivity index (χ2n) is 5.09. The summed E-state index contributed by atoms with van der Waals surface area (Å²) in [5, 5.41) is 12.6. The van der Waals surface area contributed by atoms with Crippen LogP contribution in [0.15, 0.2) is 46.4 Å². The van der Waals surface area contributed by atoms with E-state index in [1.54, 1.807) is 43.5 Å². The Labute approximate surface area is 165 Å². The van der Waals surface area contributed by atoms with Gasteiger partial charge in [-0.05, 0) is 55.0 Å². The van der Waals surface area contributed by atoms with Crippen molar-refractivity contribution in [3.05, 3.63) is 57.0 Å². The summed E-state index contributed by atoms with van der Waals surface area (Å²) < 4.78 is 11.5. The van der Waals surface area contributed by atoms with E-state index < -0.39 is 5.91 Å². The Morgan fingerprint density at radius 3 is 2.58 bits per heavy atom. The van der Waals surface area contributed by atoms with Gasteiger partial charge in [-0.2, -0.15) is 5.26 Å². The van der Waals surface area contributed by atoms with Crippen molar-refractivity contribution in [1.82, 2.24) is 0 Å². The largest absolute Gasteiger partial charge is 0.493 e. The van der Waals surface area contributed by atoms with E-state index in [2.05, 4.69) is 21.2 Å². The molecule has 0 heterocycles. The molecular formula is C19H16BrClN2O3. The van der Waals surface area contributed by atoms with Gasteiger partial charge in [-0.3, -0.25) is 4.79 Å². The molecule has 0 saturated carbocycles. The molecular weight excluding hydrogens is 420 g/mol. The molecule has 5 nitrogen and oxygen atoms in total. The number of benzene rings is 2. The van der Waals surface area contributed by atoms with E-state index in [1.165, 1.54) is 6.08 Å². The van der Waals surface area contributed by atoms with Crippen LogP contribution in [0.25, 0.3) is 6.08 Å². The Morgan fingerprint density at radius 1 is 1.31 bits per heavy atom. The van der Waals surface area contributed by atoms with E-state index in [4.69, 9.17) is 21.1 Å². The van der Waals surface area contributed by atoms with Crippen molar-refractivity contribution in [3.8, 4) is 17.6 Å². The number of carbonyl (C=O) groups is 1. The molecule has 134 valence electrons. The highest BCUT2D eigenvalue weighted by molar-refractivity contribution is 9.10. The first-order valence-corrected chi connectivity index (χ1v) is 8.84. The SMILES string of the molecule is CCOc1cc(/C=C(/C#N)C(=O)Nc2ccc(Cl)cc2)c(Br)cc1OC. The number of hydrogen-bond donors (Lipinski definition) is 1. The first-order chi connectivity index (χ1) is 12.5. The van der Waals surface area contributed by atoms with Gasteiger partial charge in [0.15, 0.2) is 11.5 Å². The fourth-order valence-electron chi connectivity index (χ4n) is 2.13. The topological polar surface area (TPSA) is 71.3 Å². The molecule has 0 unspecified atom stereocenters. The van der Waals surface area contributed by atoms with Gasteiger partial charge in [0.05, 0.1) is 13.7 Å². The van der Waals surface area contributed by atoms with Crippen LogP contribution in [0.5, 0.6) is 11.5 Å². The van der Waals surface area contributed by atoms with Gasteiger partial charge >= 0.3 is 0 Å². The molecule has 7 heteroatoms. The van der Waals surface area contributed by atoms with E-state index in [9.17, 15) is 10.1 Å². The number of nitrogens with one attached hydrogen (secondary N) is 1. The van der Waals surface area contributed by atoms with E-state index in [-0.39, 0.29) is 5.57 Å². The fraction of sp³-hybridized carbons (Fsp3) is 0.158. The van der Waals surface area contributed by atoms with Crippen molar-refractivity contribution < 1.29 is 14.3 Å². The lowest BCUT2D eigenvalue weighted by molar-refractivity contribution is -0.112. The number of methoxy groups -OCH3 is 1. The second-order valence-corrected chi connectivity index (χ2v) is 6.38. The predicted molar refractivity (Wildman–Crippen MR) is 106 cm³/mol. The molecule has 26 heavy (non-hydrogen) atoms. The van der Waals surface area contributed by atoms with Crippen molar-refractivity contribution in [2.75, 3.05) is 19.0 Å². The van der Waals surface area contributed by atoms with Crippen molar-refractivity contribution in [2.45, 2.75) is 6.92 Å². The number of anilines is 1. The maximum atomic E-state index is 12.4. The highest BCUT2D eigenvalue weighted by Gasteiger charge is 2.13. The minimum absolute atomic E-state index is 0.0479. The zero-order valence-electron chi connectivity index (χ0n) is 14.2. The molecule has 2 rings (SSSR count). The first kappa shape index (κ1) is 19.8. The van der Waals surface area contributed by atoms with Crippen molar-refractivity contribution in [2.24, 2.45) is 0 Å². The summed E-state index contributed by atoms with van der Waals surface area (Å²) in [4.78, 5) is 12.4. The van der Waals surface area contributed by atoms with Crippen LogP contribution in [0.3, 0.4) is 0 Å². The van der Waals surface area contributed by atoms with Gasteiger partial charge in [0.1, 0.15) is 11.6 Å². The lowest BCUT2D eigenvalue weighted by Gasteiger charge is -2.12. The van der Waals surface area contributed by atoms with Crippen LogP contribution < -0.4 is 14.8 Å². The third-order valence-corrected chi connectivity index (χ3v) is 4.29. The van der Waals surface area contributed by atoms with Gasteiger partial charge < -0.3 is 14.8 Å². The lowest BCUT2D eigenvalue weighted by Crippen LogP contribution is -2.13. The molecule has 0 aliphatic rings. The number of halogens is 2. The molecule has 0 aliphatic carbocycles. The number of carbonyl (C=O) groups excluding carboxylic acids is 1. The third kappa shape index (κ3) is 5.01. The smallest absolute Gasteiger partial charge is 0.266 e. The van der Waals surface area contributed by atoms with E-state index in [1.807, 2.05) is 13.0 Å². The summed E-state index contributed by atoms with van der Waals surface area (Å²) in [5.74, 6) is 0.565. The average molecular weight is 436 g/mol. The number of nitrogens with zero attached hydrogens (tertiary/aromatic N) is 1. The van der Waals surface area contributed by atoms with Crippen molar-refractivity contribution >= 4 is 45.2 Å². The summed E-state index contributed by atoms with van der Waals surface area (Å²) in [6.45, 7) is 2.32. The van der Waals surface area contributed by atoms with E-state index >= 15 is 0 Å². The molecule has 1 N–H and O–H groups in total. The molecule has 0 atom stereocenters. The standard InChI is InChI=1S/C19H16BrClN2O3/c1-3-26-18-9-12(16(20)10-17(18)25-2)8-13(11-22)19(24)23-15-6-4-14(21)5-7-15/h4-10H,3H2,1-2H3,(H,23,24)/b13-8-. The highest BCUT2D eigenvalue weighted by Crippen LogP contribution is 2.34. The van der Waals surface area contributed by atoms with Gasteiger partial charge in [-0.25, -0.2) is 0 Å². The van der Waals surface area contributed by atoms with Crippen LogP contribution in [-0.2, 0) is 4.79 Å². The average Bonchev–Trinajstić information content (AvgIpc) is 2.63. The van der Waals surface area contributed by atoms with Gasteiger partial charge in [0.25, 0.3) is 5.91 Å². The summed E-state index contributed by atoms with van der Waals surface area (Å²) in [6.07, 6.45) is 1.48. The van der Waals surface area contributed by atoms with Crippen molar-refractivity contribution in [1.29, 1.82) is 5.26 Å². The molecule has 0 radical (unpaired) electrons. The molecule has 2 aromatic rings. The Hall–Kier alpha value is -2.49. The van der Waals surface area contributed by atoms with Gasteiger partial charge in [-0.1, -0.05) is 27.5 Å². The van der Waals surface area contributed by atoms with Crippen molar-refractivity contribution in [3.63, 3.8) is 0 Å². The monoisotopic (exact) mass is 434 g/mol. The van der Waals surface area contributed by atoms with E-state index in [0.717, 1.165) is 0 Å². The van der Waals surface area contributed by atoms with Crippen LogP contribution in [0.4, 0.5) is 5.69 Å². The number of nitriles is 1. The maximum Gasteiger partial charge on any atom is 0.266 e. The summed E-state index contributed by atoms with van der Waals surface area (Å²) in [5.41, 5.74) is 1.12. The number of rotatable bonds is 6. The lowest BCUT2D eigenvalue weighted by atomic mass is 10.1. The zero-order chi connectivity index (χ0) is 19.1. The molecule has 2 aromatic carbocycles. The Balaban J connectivity index is 2.32. The normalized spacial score (nSPS) is 10.8. The number of amides is 1. The number of hydrogen-bond acceptors (Lipinski definition) is 4. The molecule has 0 saturated heterocycles. The zero-order valence-corrected chi connectivity index (χ0v) is 16.5. The van der Waals surface area contributed by atoms with Crippen LogP contribution in [-0.4, -0.2) is 19.6 Å². The highest BCUT2D eigenvalue weighted by atomic mass is 79.9. The van der Waals surface area contributed by atoms with E-state index in [0.29, 0.717) is 38.9 Å². The minimum atomic E-state index is -0.518. The van der Waals surface area contributed by atoms with Crippen LogP contribution >= 0.6 is 27.5 Å². The quantitative estimate of drug-likeness (QED) is 0.509. The third-order valence-electron chi connectivity index (χ3n) is 3.35. The minimum Gasteiger partial charge on any atom is -0.493 e. The predicted octanol–water partition coefficient (Wildman–Crippen LogP) is 5.06. The Bertz CT molecular complexity index is 874. The van der Waals surface area contributed by atoms with Crippen LogP contribution in [0, 0.1) is 11.3 Å². The second kappa shape index (κ2) is 9.27. The molecule has 0 spiro atoms. The summed E-state index contributed by atoms with van der Waals surface area (Å²) in [6, 6.07) is 12.0. The van der Waals surface area contributed by atoms with Gasteiger partial charge in [0.2, 0.25) is 0 Å². The molecule has 0 fully saturated rings. The molecule has 0 aliphatic heterocycles. The van der Waals surface area contributed by atoms with Gasteiger partial charge in [-0.15, -0.1) is 0 Å². The maximum absolute atomic E-state index is 12.4. The summed E-state index contributed by atoms with van der Waals surface area (Å²) in [7, 11) is 1.54. The van der Waals surface area contributed by atoms with Gasteiger partial charge in [0, 0.05) is 15.2 Å². The fourth-order valence-corrected chi connectivity index (χ4v) is 2.69.